The van der Waals surface area contributed by atoms with Crippen LogP contribution >= 0.6 is 0 Å². The van der Waals surface area contributed by atoms with Crippen LogP contribution in [0.5, 0.6) is 0 Å². The van der Waals surface area contributed by atoms with Crippen molar-refractivity contribution < 1.29 is 0 Å². The van der Waals surface area contributed by atoms with Crippen LogP contribution in [0.4, 0.5) is 0 Å². The molecule has 0 aliphatic heterocycles. The van der Waals surface area contributed by atoms with Gasteiger partial charge in [0.05, 0.1) is 0 Å². The molecule has 0 unspecified atom stereocenters. The molecule has 18 heavy (non-hydrogen) atoms. The maximum Gasteiger partial charge on any atom is 0.161 e. The summed E-state index contributed by atoms with van der Waals surface area (Å²) < 4.78 is 2.05. The molecular weight excluding hydrogens is 222 g/mol. The van der Waals surface area contributed by atoms with Gasteiger partial charge >= 0.3 is 0 Å². The van der Waals surface area contributed by atoms with Crippen LogP contribution in [-0.2, 0) is 6.42 Å². The highest BCUT2D eigenvalue weighted by Crippen LogP contribution is 2.11. The zero-order valence-corrected chi connectivity index (χ0v) is 10.6. The summed E-state index contributed by atoms with van der Waals surface area (Å²) in [6, 6.07) is 12.7. The zero-order chi connectivity index (χ0) is 12.5. The first kappa shape index (κ1) is 11.0. The topological polar surface area (TPSA) is 30.2 Å². The number of aromatic nitrogens is 3. The van der Waals surface area contributed by atoms with Crippen molar-refractivity contribution in [1.29, 1.82) is 0 Å². The van der Waals surface area contributed by atoms with E-state index in [0.29, 0.717) is 0 Å². The Labute approximate surface area is 106 Å². The number of pyridine rings is 1. The second-order valence-electron chi connectivity index (χ2n) is 4.71. The van der Waals surface area contributed by atoms with Gasteiger partial charge in [-0.15, -0.1) is 10.2 Å². The summed E-state index contributed by atoms with van der Waals surface area (Å²) in [5.74, 6) is 0.980. The van der Waals surface area contributed by atoms with Gasteiger partial charge in [-0.3, -0.25) is 4.40 Å². The van der Waals surface area contributed by atoms with Crippen LogP contribution < -0.4 is 0 Å². The lowest BCUT2D eigenvalue weighted by molar-refractivity contribution is 0.933. The van der Waals surface area contributed by atoms with E-state index in [-0.39, 0.29) is 0 Å². The summed E-state index contributed by atoms with van der Waals surface area (Å²) in [4.78, 5) is 0. The van der Waals surface area contributed by atoms with Gasteiger partial charge in [0.25, 0.3) is 0 Å². The standard InChI is InChI=1S/C15H15N3/c1-11-3-5-13(6-4-11)10-15-17-16-14-9-12(2)7-8-18(14)15/h3-9H,10H2,1-2H3. The van der Waals surface area contributed by atoms with Gasteiger partial charge in [-0.25, -0.2) is 0 Å². The zero-order valence-electron chi connectivity index (χ0n) is 10.6. The molecule has 0 bridgehead atoms. The summed E-state index contributed by atoms with van der Waals surface area (Å²) in [6.07, 6.45) is 2.85. The van der Waals surface area contributed by atoms with E-state index >= 15 is 0 Å². The first-order valence-electron chi connectivity index (χ1n) is 6.08. The average molecular weight is 237 g/mol. The Bertz CT molecular complexity index is 681. The Balaban J connectivity index is 1.97. The van der Waals surface area contributed by atoms with Crippen molar-refractivity contribution >= 4 is 5.65 Å². The number of hydrogen-bond donors (Lipinski definition) is 0. The molecule has 0 saturated carbocycles. The second-order valence-corrected chi connectivity index (χ2v) is 4.71. The van der Waals surface area contributed by atoms with E-state index in [1.807, 2.05) is 16.7 Å². The second kappa shape index (κ2) is 4.26. The molecule has 0 saturated heterocycles. The van der Waals surface area contributed by atoms with Crippen LogP contribution in [0.3, 0.4) is 0 Å². The Morgan fingerprint density at radius 2 is 1.72 bits per heavy atom. The van der Waals surface area contributed by atoms with Crippen LogP contribution in [0.1, 0.15) is 22.5 Å². The fourth-order valence-electron chi connectivity index (χ4n) is 2.05. The van der Waals surface area contributed by atoms with Crippen LogP contribution in [0.2, 0.25) is 0 Å². The van der Waals surface area contributed by atoms with Gasteiger partial charge in [0.2, 0.25) is 0 Å². The van der Waals surface area contributed by atoms with E-state index < -0.39 is 0 Å². The van der Waals surface area contributed by atoms with Gasteiger partial charge in [0.1, 0.15) is 5.82 Å². The summed E-state index contributed by atoms with van der Waals surface area (Å²) in [5, 5.41) is 8.47. The minimum absolute atomic E-state index is 0.810. The van der Waals surface area contributed by atoms with Gasteiger partial charge in [-0.1, -0.05) is 29.8 Å². The molecule has 0 aliphatic rings. The van der Waals surface area contributed by atoms with Crippen molar-refractivity contribution in [2.45, 2.75) is 20.3 Å². The molecule has 0 fully saturated rings. The van der Waals surface area contributed by atoms with E-state index in [0.717, 1.165) is 17.9 Å². The number of hydrogen-bond acceptors (Lipinski definition) is 2. The Morgan fingerprint density at radius 1 is 0.944 bits per heavy atom. The molecule has 3 aromatic rings. The largest absolute Gasteiger partial charge is 0.286 e. The average Bonchev–Trinajstić information content (AvgIpc) is 2.74. The van der Waals surface area contributed by atoms with Crippen molar-refractivity contribution in [1.82, 2.24) is 14.6 Å². The first-order valence-corrected chi connectivity index (χ1v) is 6.08. The highest BCUT2D eigenvalue weighted by Gasteiger charge is 2.05. The summed E-state index contributed by atoms with van der Waals surface area (Å²) >= 11 is 0. The van der Waals surface area contributed by atoms with Crippen LogP contribution in [0, 0.1) is 13.8 Å². The molecule has 0 N–H and O–H groups in total. The van der Waals surface area contributed by atoms with Gasteiger partial charge in [0, 0.05) is 12.6 Å². The lowest BCUT2D eigenvalue weighted by Gasteiger charge is -2.01. The Morgan fingerprint density at radius 3 is 2.50 bits per heavy atom. The van der Waals surface area contributed by atoms with Crippen LogP contribution in [0.15, 0.2) is 42.6 Å². The minimum atomic E-state index is 0.810. The molecule has 3 nitrogen and oxygen atoms in total. The third kappa shape index (κ3) is 1.99. The monoisotopic (exact) mass is 237 g/mol. The quantitative estimate of drug-likeness (QED) is 0.686. The van der Waals surface area contributed by atoms with E-state index in [4.69, 9.17) is 0 Å². The SMILES string of the molecule is Cc1ccc(Cc2nnc3cc(C)ccn23)cc1. The molecule has 2 aromatic heterocycles. The predicted molar refractivity (Wildman–Crippen MR) is 71.7 cm³/mol. The third-order valence-corrected chi connectivity index (χ3v) is 3.12. The van der Waals surface area contributed by atoms with E-state index in [1.165, 1.54) is 16.7 Å². The lowest BCUT2D eigenvalue weighted by atomic mass is 10.1. The smallest absolute Gasteiger partial charge is 0.161 e. The molecule has 0 atom stereocenters. The van der Waals surface area contributed by atoms with Crippen LogP contribution in [0.25, 0.3) is 5.65 Å². The molecule has 0 aliphatic carbocycles. The van der Waals surface area contributed by atoms with E-state index in [9.17, 15) is 0 Å². The molecule has 90 valence electrons. The molecule has 0 radical (unpaired) electrons. The van der Waals surface area contributed by atoms with Gasteiger partial charge in [-0.05, 0) is 37.1 Å². The van der Waals surface area contributed by atoms with Crippen molar-refractivity contribution in [3.8, 4) is 0 Å². The van der Waals surface area contributed by atoms with Gasteiger partial charge in [-0.2, -0.15) is 0 Å². The van der Waals surface area contributed by atoms with Crippen LogP contribution in [-0.4, -0.2) is 14.6 Å². The highest BCUT2D eigenvalue weighted by molar-refractivity contribution is 5.41. The first-order chi connectivity index (χ1) is 8.72. The van der Waals surface area contributed by atoms with Gasteiger partial charge in [0.15, 0.2) is 5.65 Å². The molecule has 0 amide bonds. The van der Waals surface area contributed by atoms with Crippen molar-refractivity contribution in [3.05, 3.63) is 65.1 Å². The molecular formula is C15H15N3. The normalized spacial score (nSPS) is 11.0. The number of nitrogens with zero attached hydrogens (tertiary/aromatic N) is 3. The maximum absolute atomic E-state index is 4.27. The number of aryl methyl sites for hydroxylation is 2. The summed E-state index contributed by atoms with van der Waals surface area (Å²) in [7, 11) is 0. The fraction of sp³-hybridized carbons (Fsp3) is 0.200. The number of rotatable bonds is 2. The predicted octanol–water partition coefficient (Wildman–Crippen LogP) is 2.94. The minimum Gasteiger partial charge on any atom is -0.286 e. The fourth-order valence-corrected chi connectivity index (χ4v) is 2.05. The van der Waals surface area contributed by atoms with Crippen molar-refractivity contribution in [2.24, 2.45) is 0 Å². The third-order valence-electron chi connectivity index (χ3n) is 3.12. The van der Waals surface area contributed by atoms with E-state index in [1.54, 1.807) is 0 Å². The van der Waals surface area contributed by atoms with E-state index in [2.05, 4.69) is 54.4 Å². The summed E-state index contributed by atoms with van der Waals surface area (Å²) in [6.45, 7) is 4.16. The molecule has 3 heteroatoms. The highest BCUT2D eigenvalue weighted by atomic mass is 15.2. The van der Waals surface area contributed by atoms with Crippen molar-refractivity contribution in [2.75, 3.05) is 0 Å². The number of fused-ring (bicyclic) bond motifs is 1. The van der Waals surface area contributed by atoms with Crippen molar-refractivity contribution in [3.63, 3.8) is 0 Å². The molecule has 2 heterocycles. The Hall–Kier alpha value is -2.16. The van der Waals surface area contributed by atoms with Gasteiger partial charge < -0.3 is 0 Å². The Kier molecular flexibility index (Phi) is 2.59. The molecule has 3 rings (SSSR count). The molecule has 0 spiro atoms. The molecule has 1 aromatic carbocycles. The summed E-state index contributed by atoms with van der Waals surface area (Å²) in [5.41, 5.74) is 4.66. The number of benzene rings is 1. The maximum atomic E-state index is 4.27. The lowest BCUT2D eigenvalue weighted by Crippen LogP contribution is -1.96.